The molecule has 90 valence electrons. The Hall–Kier alpha value is -1.28. The lowest BCUT2D eigenvalue weighted by Gasteiger charge is -2.26. The van der Waals surface area contributed by atoms with Crippen molar-refractivity contribution in [2.75, 3.05) is 13.1 Å². The third-order valence-corrected chi connectivity index (χ3v) is 3.79. The van der Waals surface area contributed by atoms with Gasteiger partial charge in [-0.1, -0.05) is 31.5 Å². The molecule has 3 rings (SSSR count). The van der Waals surface area contributed by atoms with E-state index in [1.165, 1.54) is 48.9 Å². The highest BCUT2D eigenvalue weighted by atomic mass is 15.1. The molecule has 0 aliphatic carbocycles. The topological polar surface area (TPSA) is 19.0 Å². The molecule has 0 unspecified atom stereocenters. The third-order valence-electron chi connectivity index (χ3n) is 3.79. The number of para-hydroxylation sites is 1. The Bertz CT molecular complexity index is 513. The van der Waals surface area contributed by atoms with E-state index in [-0.39, 0.29) is 0 Å². The van der Waals surface area contributed by atoms with E-state index in [1.54, 1.807) is 5.56 Å². The molecule has 0 amide bonds. The smallest absolute Gasteiger partial charge is 0.0459 e. The summed E-state index contributed by atoms with van der Waals surface area (Å²) in [4.78, 5) is 6.15. The van der Waals surface area contributed by atoms with E-state index < -0.39 is 0 Å². The Morgan fingerprint density at radius 1 is 1.29 bits per heavy atom. The van der Waals surface area contributed by atoms with Crippen LogP contribution in [-0.2, 0) is 13.0 Å². The number of fused-ring (bicyclic) bond motifs is 3. The number of nitrogens with one attached hydrogen (secondary N) is 1. The molecule has 2 heterocycles. The van der Waals surface area contributed by atoms with Gasteiger partial charge in [-0.25, -0.2) is 0 Å². The molecular formula is C15H20N2. The number of benzene rings is 1. The van der Waals surface area contributed by atoms with Gasteiger partial charge in [-0.2, -0.15) is 0 Å². The Labute approximate surface area is 103 Å². The van der Waals surface area contributed by atoms with Crippen molar-refractivity contribution in [2.45, 2.75) is 32.7 Å². The first-order valence-corrected chi connectivity index (χ1v) is 6.69. The summed E-state index contributed by atoms with van der Waals surface area (Å²) in [5.74, 6) is 0. The van der Waals surface area contributed by atoms with Crippen LogP contribution in [0.2, 0.25) is 0 Å². The fourth-order valence-corrected chi connectivity index (χ4v) is 2.82. The first kappa shape index (κ1) is 10.8. The molecule has 2 nitrogen and oxygen atoms in total. The van der Waals surface area contributed by atoms with E-state index in [4.69, 9.17) is 0 Å². The van der Waals surface area contributed by atoms with Gasteiger partial charge in [-0.3, -0.25) is 4.90 Å². The minimum absolute atomic E-state index is 1.10. The van der Waals surface area contributed by atoms with E-state index in [0.717, 1.165) is 6.54 Å². The molecule has 0 fully saturated rings. The molecule has 1 N–H and O–H groups in total. The fraction of sp³-hybridized carbons (Fsp3) is 0.467. The SMILES string of the molecule is CCCCN1CCc2c([nH]c3ccccc23)C1. The van der Waals surface area contributed by atoms with Gasteiger partial charge in [-0.15, -0.1) is 0 Å². The van der Waals surface area contributed by atoms with Gasteiger partial charge in [0, 0.05) is 29.7 Å². The van der Waals surface area contributed by atoms with Crippen molar-refractivity contribution in [1.82, 2.24) is 9.88 Å². The van der Waals surface area contributed by atoms with Crippen molar-refractivity contribution in [3.63, 3.8) is 0 Å². The largest absolute Gasteiger partial charge is 0.357 e. The van der Waals surface area contributed by atoms with Gasteiger partial charge in [0.2, 0.25) is 0 Å². The number of rotatable bonds is 3. The normalized spacial score (nSPS) is 16.3. The first-order chi connectivity index (χ1) is 8.38. The predicted molar refractivity (Wildman–Crippen MR) is 72.2 cm³/mol. The summed E-state index contributed by atoms with van der Waals surface area (Å²) in [5, 5.41) is 1.43. The molecule has 17 heavy (non-hydrogen) atoms. The van der Waals surface area contributed by atoms with Crippen LogP contribution in [0.5, 0.6) is 0 Å². The van der Waals surface area contributed by atoms with Crippen molar-refractivity contribution in [1.29, 1.82) is 0 Å². The summed E-state index contributed by atoms with van der Waals surface area (Å²) in [6.45, 7) is 5.82. The summed E-state index contributed by atoms with van der Waals surface area (Å²) >= 11 is 0. The molecule has 0 spiro atoms. The second-order valence-electron chi connectivity index (χ2n) is 5.01. The maximum absolute atomic E-state index is 3.58. The van der Waals surface area contributed by atoms with Gasteiger partial charge >= 0.3 is 0 Å². The minimum atomic E-state index is 1.10. The van der Waals surface area contributed by atoms with E-state index in [1.807, 2.05) is 0 Å². The van der Waals surface area contributed by atoms with Crippen LogP contribution in [0.15, 0.2) is 24.3 Å². The number of nitrogens with zero attached hydrogens (tertiary/aromatic N) is 1. The number of aromatic nitrogens is 1. The summed E-state index contributed by atoms with van der Waals surface area (Å²) < 4.78 is 0. The average Bonchev–Trinajstić information content (AvgIpc) is 2.74. The highest BCUT2D eigenvalue weighted by Gasteiger charge is 2.19. The quantitative estimate of drug-likeness (QED) is 0.853. The number of H-pyrrole nitrogens is 1. The van der Waals surface area contributed by atoms with Gasteiger partial charge < -0.3 is 4.98 Å². The lowest BCUT2D eigenvalue weighted by atomic mass is 10.0. The summed E-state index contributed by atoms with van der Waals surface area (Å²) in [5.41, 5.74) is 4.29. The molecule has 0 atom stereocenters. The van der Waals surface area contributed by atoms with Crippen molar-refractivity contribution in [3.8, 4) is 0 Å². The van der Waals surface area contributed by atoms with Crippen molar-refractivity contribution < 1.29 is 0 Å². The molecule has 0 radical (unpaired) electrons. The van der Waals surface area contributed by atoms with E-state index in [2.05, 4.69) is 41.1 Å². The summed E-state index contributed by atoms with van der Waals surface area (Å²) in [6.07, 6.45) is 3.80. The Kier molecular flexibility index (Phi) is 2.89. The van der Waals surface area contributed by atoms with Crippen LogP contribution < -0.4 is 0 Å². The van der Waals surface area contributed by atoms with Gasteiger partial charge in [0.15, 0.2) is 0 Å². The van der Waals surface area contributed by atoms with Crippen molar-refractivity contribution in [2.24, 2.45) is 0 Å². The molecule has 1 aromatic heterocycles. The van der Waals surface area contributed by atoms with Crippen molar-refractivity contribution in [3.05, 3.63) is 35.5 Å². The van der Waals surface area contributed by atoms with Crippen LogP contribution in [0.4, 0.5) is 0 Å². The Morgan fingerprint density at radius 3 is 3.06 bits per heavy atom. The summed E-state index contributed by atoms with van der Waals surface area (Å²) in [6, 6.07) is 8.68. The zero-order valence-corrected chi connectivity index (χ0v) is 10.5. The lowest BCUT2D eigenvalue weighted by molar-refractivity contribution is 0.248. The van der Waals surface area contributed by atoms with Crippen LogP contribution in [0, 0.1) is 0 Å². The molecule has 2 aromatic rings. The average molecular weight is 228 g/mol. The molecule has 0 saturated heterocycles. The zero-order chi connectivity index (χ0) is 11.7. The molecular weight excluding hydrogens is 208 g/mol. The van der Waals surface area contributed by atoms with E-state index in [9.17, 15) is 0 Å². The highest BCUT2D eigenvalue weighted by molar-refractivity contribution is 5.84. The molecule has 2 heteroatoms. The van der Waals surface area contributed by atoms with Crippen LogP contribution in [0.3, 0.4) is 0 Å². The monoisotopic (exact) mass is 228 g/mol. The van der Waals surface area contributed by atoms with Gasteiger partial charge in [-0.05, 0) is 31.0 Å². The van der Waals surface area contributed by atoms with Gasteiger partial charge in [0.25, 0.3) is 0 Å². The molecule has 1 aliphatic heterocycles. The van der Waals surface area contributed by atoms with Crippen LogP contribution in [-0.4, -0.2) is 23.0 Å². The number of unbranched alkanes of at least 4 members (excludes halogenated alkanes) is 1. The molecule has 1 aromatic carbocycles. The fourth-order valence-electron chi connectivity index (χ4n) is 2.82. The minimum Gasteiger partial charge on any atom is -0.357 e. The second kappa shape index (κ2) is 4.53. The van der Waals surface area contributed by atoms with Crippen LogP contribution in [0.25, 0.3) is 10.9 Å². The van der Waals surface area contributed by atoms with Gasteiger partial charge in [0.05, 0.1) is 0 Å². The lowest BCUT2D eigenvalue weighted by Crippen LogP contribution is -2.31. The number of hydrogen-bond acceptors (Lipinski definition) is 1. The Morgan fingerprint density at radius 2 is 2.18 bits per heavy atom. The van der Waals surface area contributed by atoms with Crippen molar-refractivity contribution >= 4 is 10.9 Å². The highest BCUT2D eigenvalue weighted by Crippen LogP contribution is 2.27. The van der Waals surface area contributed by atoms with Gasteiger partial charge in [0.1, 0.15) is 0 Å². The third kappa shape index (κ3) is 1.98. The zero-order valence-electron chi connectivity index (χ0n) is 10.5. The number of hydrogen-bond donors (Lipinski definition) is 1. The second-order valence-corrected chi connectivity index (χ2v) is 5.01. The molecule has 1 aliphatic rings. The molecule has 0 saturated carbocycles. The Balaban J connectivity index is 1.87. The summed E-state index contributed by atoms with van der Waals surface area (Å²) in [7, 11) is 0. The maximum Gasteiger partial charge on any atom is 0.0459 e. The van der Waals surface area contributed by atoms with Crippen LogP contribution in [0.1, 0.15) is 31.0 Å². The standard InChI is InChI=1S/C15H20N2/c1-2-3-9-17-10-8-13-12-6-4-5-7-14(12)16-15(13)11-17/h4-7,16H,2-3,8-11H2,1H3. The molecule has 0 bridgehead atoms. The first-order valence-electron chi connectivity index (χ1n) is 6.69. The predicted octanol–water partition coefficient (Wildman–Crippen LogP) is 3.33. The maximum atomic E-state index is 3.58. The van der Waals surface area contributed by atoms with Crippen LogP contribution >= 0.6 is 0 Å². The van der Waals surface area contributed by atoms with E-state index in [0.29, 0.717) is 0 Å². The van der Waals surface area contributed by atoms with E-state index >= 15 is 0 Å². The number of aromatic amines is 1.